The Balaban J connectivity index is 1.97. The predicted molar refractivity (Wildman–Crippen MR) is 70.9 cm³/mol. The number of pyridine rings is 1. The zero-order valence-electron chi connectivity index (χ0n) is 11.1. The van der Waals surface area contributed by atoms with Crippen molar-refractivity contribution in [1.82, 2.24) is 4.98 Å². The van der Waals surface area contributed by atoms with Crippen LogP contribution in [0.1, 0.15) is 24.8 Å². The minimum Gasteiger partial charge on any atom is -0.385 e. The lowest BCUT2D eigenvalue weighted by molar-refractivity contribution is -0.137. The third kappa shape index (κ3) is 3.76. The van der Waals surface area contributed by atoms with Crippen molar-refractivity contribution < 1.29 is 17.9 Å². The lowest BCUT2D eigenvalue weighted by atomic mass is 10.0. The number of hydrogen-bond donors (Lipinski definition) is 1. The van der Waals surface area contributed by atoms with Gasteiger partial charge in [0.25, 0.3) is 0 Å². The summed E-state index contributed by atoms with van der Waals surface area (Å²) in [6.45, 7) is 1.32. The van der Waals surface area contributed by atoms with Gasteiger partial charge in [-0.05, 0) is 30.7 Å². The zero-order valence-corrected chi connectivity index (χ0v) is 11.8. The Morgan fingerprint density at radius 2 is 2.15 bits per heavy atom. The molecule has 0 saturated heterocycles. The number of hydrogen-bond acceptors (Lipinski definition) is 3. The van der Waals surface area contributed by atoms with Crippen molar-refractivity contribution in [2.75, 3.05) is 25.6 Å². The first-order chi connectivity index (χ1) is 9.36. The number of nitrogens with one attached hydrogen (secondary N) is 1. The normalized spacial score (nSPS) is 17.1. The van der Waals surface area contributed by atoms with Crippen LogP contribution in [0.5, 0.6) is 0 Å². The highest BCUT2D eigenvalue weighted by Gasteiger charge is 2.42. The van der Waals surface area contributed by atoms with Gasteiger partial charge >= 0.3 is 6.18 Å². The van der Waals surface area contributed by atoms with Crippen molar-refractivity contribution in [3.05, 3.63) is 22.8 Å². The Kier molecular flexibility index (Phi) is 4.44. The molecule has 112 valence electrons. The minimum atomic E-state index is -4.43. The maximum absolute atomic E-state index is 12.5. The first kappa shape index (κ1) is 15.4. The van der Waals surface area contributed by atoms with Gasteiger partial charge in [-0.2, -0.15) is 13.2 Å². The standard InChI is InChI=1S/C13H16ClF3N2O/c1-20-5-4-12(2-3-12)8-19-11-10(14)6-9(7-18-11)13(15,16)17/h6-7H,2-5,8H2,1H3,(H,18,19). The number of alkyl halides is 3. The van der Waals surface area contributed by atoms with E-state index in [2.05, 4.69) is 10.3 Å². The van der Waals surface area contributed by atoms with E-state index < -0.39 is 11.7 Å². The van der Waals surface area contributed by atoms with E-state index in [0.717, 1.165) is 31.5 Å². The molecule has 3 nitrogen and oxygen atoms in total. The summed E-state index contributed by atoms with van der Waals surface area (Å²) in [6.07, 6.45) is -0.535. The van der Waals surface area contributed by atoms with Crippen LogP contribution >= 0.6 is 11.6 Å². The van der Waals surface area contributed by atoms with Gasteiger partial charge in [0.05, 0.1) is 10.6 Å². The second-order valence-corrected chi connectivity index (χ2v) is 5.56. The molecule has 1 aromatic heterocycles. The van der Waals surface area contributed by atoms with E-state index in [1.807, 2.05) is 0 Å². The highest BCUT2D eigenvalue weighted by Crippen LogP contribution is 2.48. The second-order valence-electron chi connectivity index (χ2n) is 5.15. The summed E-state index contributed by atoms with van der Waals surface area (Å²) in [5, 5.41) is 3.03. The molecule has 2 rings (SSSR count). The van der Waals surface area contributed by atoms with E-state index in [1.54, 1.807) is 7.11 Å². The van der Waals surface area contributed by atoms with Crippen LogP contribution in [0, 0.1) is 5.41 Å². The van der Waals surface area contributed by atoms with Gasteiger partial charge < -0.3 is 10.1 Å². The maximum Gasteiger partial charge on any atom is 0.417 e. The Labute approximate surface area is 120 Å². The van der Waals surface area contributed by atoms with Gasteiger partial charge in [-0.25, -0.2) is 4.98 Å². The molecule has 7 heteroatoms. The average Bonchev–Trinajstić information content (AvgIpc) is 3.14. The van der Waals surface area contributed by atoms with Crippen LogP contribution in [-0.4, -0.2) is 25.2 Å². The molecule has 0 radical (unpaired) electrons. The topological polar surface area (TPSA) is 34.1 Å². The molecule has 1 aliphatic carbocycles. The van der Waals surface area contributed by atoms with Crippen LogP contribution in [-0.2, 0) is 10.9 Å². The summed E-state index contributed by atoms with van der Waals surface area (Å²) < 4.78 is 42.5. The SMILES string of the molecule is COCCC1(CNc2ncc(C(F)(F)F)cc2Cl)CC1. The third-order valence-corrected chi connectivity index (χ3v) is 3.88. The van der Waals surface area contributed by atoms with E-state index >= 15 is 0 Å². The second kappa shape index (κ2) is 5.77. The molecule has 0 aliphatic heterocycles. The fourth-order valence-electron chi connectivity index (χ4n) is 2.00. The number of anilines is 1. The van der Waals surface area contributed by atoms with Gasteiger partial charge in [-0.15, -0.1) is 0 Å². The van der Waals surface area contributed by atoms with Crippen molar-refractivity contribution in [3.63, 3.8) is 0 Å². The molecule has 0 atom stereocenters. The molecule has 0 unspecified atom stereocenters. The van der Waals surface area contributed by atoms with Gasteiger partial charge in [-0.3, -0.25) is 0 Å². The molecule has 1 N–H and O–H groups in total. The molecular formula is C13H16ClF3N2O. The Bertz CT molecular complexity index is 475. The van der Waals surface area contributed by atoms with E-state index in [9.17, 15) is 13.2 Å². The largest absolute Gasteiger partial charge is 0.417 e. The molecule has 1 saturated carbocycles. The minimum absolute atomic E-state index is 0.0117. The average molecular weight is 309 g/mol. The number of halogens is 4. The molecular weight excluding hydrogens is 293 g/mol. The predicted octanol–water partition coefficient (Wildman–Crippen LogP) is 3.98. The van der Waals surface area contributed by atoms with E-state index in [1.165, 1.54) is 0 Å². The molecule has 0 spiro atoms. The van der Waals surface area contributed by atoms with Crippen LogP contribution in [0.3, 0.4) is 0 Å². The summed E-state index contributed by atoms with van der Waals surface area (Å²) in [7, 11) is 1.65. The highest BCUT2D eigenvalue weighted by atomic mass is 35.5. The van der Waals surface area contributed by atoms with Crippen molar-refractivity contribution in [1.29, 1.82) is 0 Å². The zero-order chi connectivity index (χ0) is 14.8. The number of methoxy groups -OCH3 is 1. The van der Waals surface area contributed by atoms with Crippen LogP contribution < -0.4 is 5.32 Å². The van der Waals surface area contributed by atoms with Crippen LogP contribution in [0.25, 0.3) is 0 Å². The molecule has 0 bridgehead atoms. The fourth-order valence-corrected chi connectivity index (χ4v) is 2.24. The summed E-state index contributed by atoms with van der Waals surface area (Å²) >= 11 is 5.84. The van der Waals surface area contributed by atoms with Gasteiger partial charge in [0.2, 0.25) is 0 Å². The molecule has 1 fully saturated rings. The van der Waals surface area contributed by atoms with Crippen LogP contribution in [0.15, 0.2) is 12.3 Å². The van der Waals surface area contributed by atoms with E-state index in [-0.39, 0.29) is 10.4 Å². The summed E-state index contributed by atoms with van der Waals surface area (Å²) in [5.41, 5.74) is -0.669. The maximum atomic E-state index is 12.5. The Hall–Kier alpha value is -1.01. The van der Waals surface area contributed by atoms with Gasteiger partial charge in [0.15, 0.2) is 0 Å². The fraction of sp³-hybridized carbons (Fsp3) is 0.615. The van der Waals surface area contributed by atoms with Gasteiger partial charge in [0, 0.05) is 26.5 Å². The summed E-state index contributed by atoms with van der Waals surface area (Å²) in [5.74, 6) is 0.295. The molecule has 1 aliphatic rings. The van der Waals surface area contributed by atoms with Crippen molar-refractivity contribution in [2.24, 2.45) is 5.41 Å². The molecule has 0 amide bonds. The quantitative estimate of drug-likeness (QED) is 0.863. The highest BCUT2D eigenvalue weighted by molar-refractivity contribution is 6.32. The lowest BCUT2D eigenvalue weighted by Crippen LogP contribution is -2.18. The van der Waals surface area contributed by atoms with Crippen molar-refractivity contribution >= 4 is 17.4 Å². The van der Waals surface area contributed by atoms with E-state index in [0.29, 0.717) is 19.0 Å². The number of aromatic nitrogens is 1. The lowest BCUT2D eigenvalue weighted by Gasteiger charge is -2.17. The first-order valence-corrected chi connectivity index (χ1v) is 6.70. The van der Waals surface area contributed by atoms with Crippen LogP contribution in [0.2, 0.25) is 5.02 Å². The smallest absolute Gasteiger partial charge is 0.385 e. The first-order valence-electron chi connectivity index (χ1n) is 6.32. The van der Waals surface area contributed by atoms with Crippen molar-refractivity contribution in [2.45, 2.75) is 25.4 Å². The molecule has 1 heterocycles. The van der Waals surface area contributed by atoms with Crippen molar-refractivity contribution in [3.8, 4) is 0 Å². The summed E-state index contributed by atoms with van der Waals surface area (Å²) in [4.78, 5) is 3.76. The number of nitrogens with zero attached hydrogens (tertiary/aromatic N) is 1. The molecule has 1 aromatic rings. The molecule has 20 heavy (non-hydrogen) atoms. The van der Waals surface area contributed by atoms with Gasteiger partial charge in [0.1, 0.15) is 5.82 Å². The number of rotatable bonds is 6. The monoisotopic (exact) mass is 308 g/mol. The Morgan fingerprint density at radius 3 is 2.65 bits per heavy atom. The molecule has 0 aromatic carbocycles. The van der Waals surface area contributed by atoms with Crippen LogP contribution in [0.4, 0.5) is 19.0 Å². The third-order valence-electron chi connectivity index (χ3n) is 3.59. The van der Waals surface area contributed by atoms with E-state index in [4.69, 9.17) is 16.3 Å². The number of ether oxygens (including phenoxy) is 1. The van der Waals surface area contributed by atoms with Gasteiger partial charge in [-0.1, -0.05) is 11.6 Å². The summed E-state index contributed by atoms with van der Waals surface area (Å²) in [6, 6.07) is 0.894. The Morgan fingerprint density at radius 1 is 1.45 bits per heavy atom.